The quantitative estimate of drug-likeness (QED) is 0.782. The first-order valence-electron chi connectivity index (χ1n) is 6.03. The Morgan fingerprint density at radius 2 is 2.00 bits per heavy atom. The second kappa shape index (κ2) is 8.37. The van der Waals surface area contributed by atoms with E-state index < -0.39 is 6.09 Å². The van der Waals surface area contributed by atoms with Crippen molar-refractivity contribution in [3.63, 3.8) is 0 Å². The van der Waals surface area contributed by atoms with Gasteiger partial charge in [0.15, 0.2) is 0 Å². The topological polar surface area (TPSA) is 67.4 Å². The number of ether oxygens (including phenoxy) is 1. The van der Waals surface area contributed by atoms with Gasteiger partial charge in [0, 0.05) is 18.1 Å². The van der Waals surface area contributed by atoms with Gasteiger partial charge < -0.3 is 15.4 Å². The highest BCUT2D eigenvalue weighted by atomic mass is 35.5. The standard InChI is InChI=1S/C13H17ClN2O3/c1-2-19-13(18)16-7-6-15-12(17)9-10-4-3-5-11(14)8-10/h3-5,8H,2,6-7,9H2,1H3,(H,15,17)(H,16,18). The van der Waals surface area contributed by atoms with Crippen molar-refractivity contribution < 1.29 is 14.3 Å². The second-order valence-electron chi connectivity index (χ2n) is 3.80. The number of carbonyl (C=O) groups is 2. The van der Waals surface area contributed by atoms with E-state index in [0.717, 1.165) is 5.56 Å². The normalized spacial score (nSPS) is 9.79. The Morgan fingerprint density at radius 1 is 1.26 bits per heavy atom. The fraction of sp³-hybridized carbons (Fsp3) is 0.385. The zero-order valence-corrected chi connectivity index (χ0v) is 11.5. The van der Waals surface area contributed by atoms with E-state index in [2.05, 4.69) is 15.4 Å². The third-order valence-electron chi connectivity index (χ3n) is 2.25. The van der Waals surface area contributed by atoms with Crippen molar-refractivity contribution in [2.24, 2.45) is 0 Å². The van der Waals surface area contributed by atoms with E-state index >= 15 is 0 Å². The maximum atomic E-state index is 11.6. The van der Waals surface area contributed by atoms with Crippen molar-refractivity contribution in [2.45, 2.75) is 13.3 Å². The highest BCUT2D eigenvalue weighted by molar-refractivity contribution is 6.30. The van der Waals surface area contributed by atoms with Gasteiger partial charge in [0.25, 0.3) is 0 Å². The summed E-state index contributed by atoms with van der Waals surface area (Å²) >= 11 is 5.83. The van der Waals surface area contributed by atoms with Crippen LogP contribution in [-0.2, 0) is 16.0 Å². The van der Waals surface area contributed by atoms with Gasteiger partial charge in [0.1, 0.15) is 0 Å². The smallest absolute Gasteiger partial charge is 0.407 e. The van der Waals surface area contributed by atoms with Crippen LogP contribution in [0.3, 0.4) is 0 Å². The van der Waals surface area contributed by atoms with Crippen molar-refractivity contribution in [1.82, 2.24) is 10.6 Å². The number of hydrogen-bond donors (Lipinski definition) is 2. The summed E-state index contributed by atoms with van der Waals surface area (Å²) in [6.07, 6.45) is -0.216. The lowest BCUT2D eigenvalue weighted by atomic mass is 10.1. The summed E-state index contributed by atoms with van der Waals surface area (Å²) in [5, 5.41) is 5.82. The van der Waals surface area contributed by atoms with E-state index in [1.807, 2.05) is 6.07 Å². The fourth-order valence-electron chi connectivity index (χ4n) is 1.44. The third kappa shape index (κ3) is 6.67. The zero-order chi connectivity index (χ0) is 14.1. The molecule has 2 amide bonds. The summed E-state index contributed by atoms with van der Waals surface area (Å²) in [5.74, 6) is -0.118. The molecule has 1 rings (SSSR count). The first kappa shape index (κ1) is 15.3. The first-order chi connectivity index (χ1) is 9.11. The Labute approximate surface area is 117 Å². The first-order valence-corrected chi connectivity index (χ1v) is 6.41. The molecule has 0 unspecified atom stereocenters. The molecule has 0 saturated carbocycles. The summed E-state index contributed by atoms with van der Waals surface area (Å²) in [5.41, 5.74) is 0.850. The molecule has 0 spiro atoms. The van der Waals surface area contributed by atoms with E-state index in [1.54, 1.807) is 25.1 Å². The molecule has 0 aliphatic rings. The van der Waals surface area contributed by atoms with Crippen molar-refractivity contribution in [3.05, 3.63) is 34.9 Å². The van der Waals surface area contributed by atoms with Crippen LogP contribution in [0, 0.1) is 0 Å². The van der Waals surface area contributed by atoms with E-state index in [4.69, 9.17) is 11.6 Å². The molecule has 19 heavy (non-hydrogen) atoms. The van der Waals surface area contributed by atoms with Gasteiger partial charge in [0.05, 0.1) is 13.0 Å². The summed E-state index contributed by atoms with van der Waals surface area (Å²) in [6, 6.07) is 7.14. The molecule has 0 radical (unpaired) electrons. The summed E-state index contributed by atoms with van der Waals surface area (Å²) < 4.78 is 4.68. The highest BCUT2D eigenvalue weighted by Gasteiger charge is 2.04. The Bertz CT molecular complexity index is 438. The lowest BCUT2D eigenvalue weighted by Crippen LogP contribution is -2.35. The van der Waals surface area contributed by atoms with Crippen LogP contribution in [0.4, 0.5) is 4.79 Å². The minimum absolute atomic E-state index is 0.118. The van der Waals surface area contributed by atoms with Crippen LogP contribution in [0.15, 0.2) is 24.3 Å². The number of alkyl carbamates (subject to hydrolysis) is 1. The van der Waals surface area contributed by atoms with Crippen LogP contribution in [0.1, 0.15) is 12.5 Å². The van der Waals surface area contributed by atoms with Crippen molar-refractivity contribution in [3.8, 4) is 0 Å². The number of amides is 2. The van der Waals surface area contributed by atoms with Crippen molar-refractivity contribution >= 4 is 23.6 Å². The minimum Gasteiger partial charge on any atom is -0.450 e. The Balaban J connectivity index is 2.20. The van der Waals surface area contributed by atoms with Gasteiger partial charge >= 0.3 is 6.09 Å². The largest absolute Gasteiger partial charge is 0.450 e. The van der Waals surface area contributed by atoms with Crippen LogP contribution in [0.25, 0.3) is 0 Å². The van der Waals surface area contributed by atoms with Gasteiger partial charge in [0.2, 0.25) is 5.91 Å². The van der Waals surface area contributed by atoms with Crippen LogP contribution in [-0.4, -0.2) is 31.7 Å². The van der Waals surface area contributed by atoms with Crippen LogP contribution in [0.2, 0.25) is 5.02 Å². The van der Waals surface area contributed by atoms with Gasteiger partial charge in [-0.15, -0.1) is 0 Å². The minimum atomic E-state index is -0.480. The SMILES string of the molecule is CCOC(=O)NCCNC(=O)Cc1cccc(Cl)c1. The number of rotatable bonds is 6. The van der Waals surface area contributed by atoms with E-state index in [9.17, 15) is 9.59 Å². The number of hydrogen-bond acceptors (Lipinski definition) is 3. The predicted octanol–water partition coefficient (Wildman–Crippen LogP) is 1.74. The van der Waals surface area contributed by atoms with Crippen molar-refractivity contribution in [2.75, 3.05) is 19.7 Å². The number of nitrogens with one attached hydrogen (secondary N) is 2. The number of halogens is 1. The lowest BCUT2D eigenvalue weighted by molar-refractivity contribution is -0.120. The molecule has 0 aliphatic heterocycles. The zero-order valence-electron chi connectivity index (χ0n) is 10.7. The Morgan fingerprint density at radius 3 is 2.68 bits per heavy atom. The van der Waals surface area contributed by atoms with Crippen LogP contribution in [0.5, 0.6) is 0 Å². The molecule has 0 fully saturated rings. The van der Waals surface area contributed by atoms with Gasteiger partial charge in [-0.3, -0.25) is 4.79 Å². The third-order valence-corrected chi connectivity index (χ3v) is 2.48. The number of carbonyl (C=O) groups excluding carboxylic acids is 2. The molecule has 0 heterocycles. The van der Waals surface area contributed by atoms with Gasteiger partial charge in [-0.25, -0.2) is 4.79 Å². The summed E-state index contributed by atoms with van der Waals surface area (Å²) in [6.45, 7) is 2.75. The van der Waals surface area contributed by atoms with Crippen molar-refractivity contribution in [1.29, 1.82) is 0 Å². The van der Waals surface area contributed by atoms with Gasteiger partial charge in [-0.1, -0.05) is 23.7 Å². The summed E-state index contributed by atoms with van der Waals surface area (Å²) in [7, 11) is 0. The molecule has 104 valence electrons. The molecular weight excluding hydrogens is 268 g/mol. The molecule has 0 bridgehead atoms. The fourth-order valence-corrected chi connectivity index (χ4v) is 1.66. The van der Waals surface area contributed by atoms with Crippen LogP contribution < -0.4 is 10.6 Å². The van der Waals surface area contributed by atoms with E-state index in [0.29, 0.717) is 24.7 Å². The molecule has 0 aromatic heterocycles. The van der Waals surface area contributed by atoms with Gasteiger partial charge in [-0.05, 0) is 24.6 Å². The predicted molar refractivity (Wildman–Crippen MR) is 73.2 cm³/mol. The molecule has 0 saturated heterocycles. The molecule has 1 aromatic rings. The molecular formula is C13H17ClN2O3. The number of benzene rings is 1. The molecule has 0 atom stereocenters. The molecule has 1 aromatic carbocycles. The molecule has 2 N–H and O–H groups in total. The Hall–Kier alpha value is -1.75. The Kier molecular flexibility index (Phi) is 6.74. The highest BCUT2D eigenvalue weighted by Crippen LogP contribution is 2.10. The van der Waals surface area contributed by atoms with Crippen LogP contribution >= 0.6 is 11.6 Å². The lowest BCUT2D eigenvalue weighted by Gasteiger charge is -2.07. The van der Waals surface area contributed by atoms with E-state index in [1.165, 1.54) is 0 Å². The average molecular weight is 285 g/mol. The average Bonchev–Trinajstić information content (AvgIpc) is 2.35. The van der Waals surface area contributed by atoms with E-state index in [-0.39, 0.29) is 12.3 Å². The maximum Gasteiger partial charge on any atom is 0.407 e. The molecule has 5 nitrogen and oxygen atoms in total. The monoisotopic (exact) mass is 284 g/mol. The summed E-state index contributed by atoms with van der Waals surface area (Å²) in [4.78, 5) is 22.6. The second-order valence-corrected chi connectivity index (χ2v) is 4.24. The molecule has 6 heteroatoms. The molecule has 0 aliphatic carbocycles. The van der Waals surface area contributed by atoms with Gasteiger partial charge in [-0.2, -0.15) is 0 Å². The maximum absolute atomic E-state index is 11.6.